The molecule has 2 aromatic heterocycles. The Morgan fingerprint density at radius 3 is 2.68 bits per heavy atom. The van der Waals surface area contributed by atoms with Crippen molar-refractivity contribution in [2.24, 2.45) is 0 Å². The molecule has 3 rings (SSSR count). The monoisotopic (exact) mass is 355 g/mol. The topological polar surface area (TPSA) is 77.2 Å². The number of carbonyl (C=O) groups excluding carboxylic acids is 1. The van der Waals surface area contributed by atoms with E-state index in [1.807, 2.05) is 42.5 Å². The summed E-state index contributed by atoms with van der Waals surface area (Å²) in [5.74, 6) is 1.71. The molecule has 1 aromatic carbocycles. The van der Waals surface area contributed by atoms with Crippen molar-refractivity contribution in [3.8, 4) is 17.1 Å². The average Bonchev–Trinajstić information content (AvgIpc) is 3.14. The Bertz CT molecular complexity index is 819. The second-order valence-corrected chi connectivity index (χ2v) is 6.21. The van der Waals surface area contributed by atoms with E-state index in [0.29, 0.717) is 23.8 Å². The number of aromatic nitrogens is 2. The number of nitrogens with zero attached hydrogens (tertiary/aromatic N) is 2. The van der Waals surface area contributed by atoms with E-state index in [0.717, 1.165) is 16.2 Å². The van der Waals surface area contributed by atoms with Crippen molar-refractivity contribution in [2.45, 2.75) is 11.4 Å². The fourth-order valence-electron chi connectivity index (χ4n) is 2.11. The third-order valence-electron chi connectivity index (χ3n) is 3.42. The molecular weight excluding hydrogens is 338 g/mol. The Morgan fingerprint density at radius 2 is 1.96 bits per heavy atom. The van der Waals surface area contributed by atoms with Crippen LogP contribution < -0.4 is 10.1 Å². The summed E-state index contributed by atoms with van der Waals surface area (Å²) in [7, 11) is 1.62. The summed E-state index contributed by atoms with van der Waals surface area (Å²) in [6, 6.07) is 13.1. The molecule has 0 aliphatic rings. The first-order valence-electron chi connectivity index (χ1n) is 7.64. The van der Waals surface area contributed by atoms with E-state index < -0.39 is 0 Å². The van der Waals surface area contributed by atoms with Crippen LogP contribution in [0.5, 0.6) is 5.75 Å². The smallest absolute Gasteiger partial charge is 0.230 e. The zero-order valence-electron chi connectivity index (χ0n) is 13.6. The Balaban J connectivity index is 1.50. The van der Waals surface area contributed by atoms with Gasteiger partial charge >= 0.3 is 0 Å². The minimum atomic E-state index is -0.0594. The van der Waals surface area contributed by atoms with Crippen LogP contribution in [0.1, 0.15) is 5.69 Å². The number of pyridine rings is 1. The van der Waals surface area contributed by atoms with E-state index >= 15 is 0 Å². The highest BCUT2D eigenvalue weighted by atomic mass is 32.2. The van der Waals surface area contributed by atoms with Gasteiger partial charge in [-0.15, -0.1) is 11.8 Å². The maximum atomic E-state index is 11.9. The SMILES string of the molecule is COc1ccc(-c2cc(CNC(=O)CSc3ccncc3)no2)cc1. The van der Waals surface area contributed by atoms with E-state index in [9.17, 15) is 4.79 Å². The van der Waals surface area contributed by atoms with Gasteiger partial charge in [-0.2, -0.15) is 0 Å². The molecule has 7 heteroatoms. The van der Waals surface area contributed by atoms with Gasteiger partial charge in [0.05, 0.1) is 19.4 Å². The van der Waals surface area contributed by atoms with Crippen LogP contribution in [0.4, 0.5) is 0 Å². The molecule has 128 valence electrons. The highest BCUT2D eigenvalue weighted by Crippen LogP contribution is 2.23. The van der Waals surface area contributed by atoms with Crippen LogP contribution in [0.15, 0.2) is 64.3 Å². The lowest BCUT2D eigenvalue weighted by molar-refractivity contribution is -0.118. The molecule has 0 spiro atoms. The number of carbonyl (C=O) groups is 1. The summed E-state index contributed by atoms with van der Waals surface area (Å²) in [4.78, 5) is 16.9. The van der Waals surface area contributed by atoms with Gasteiger partial charge in [0, 0.05) is 28.9 Å². The van der Waals surface area contributed by atoms with Gasteiger partial charge in [0.1, 0.15) is 11.4 Å². The lowest BCUT2D eigenvalue weighted by Gasteiger charge is -2.02. The molecule has 1 N–H and O–H groups in total. The zero-order chi connectivity index (χ0) is 17.5. The second kappa shape index (κ2) is 8.34. The standard InChI is InChI=1S/C18H17N3O3S/c1-23-15-4-2-13(3-5-15)17-10-14(21-24-17)11-20-18(22)12-25-16-6-8-19-9-7-16/h2-10H,11-12H2,1H3,(H,20,22). The number of benzene rings is 1. The molecule has 2 heterocycles. The van der Waals surface area contributed by atoms with Gasteiger partial charge in [-0.3, -0.25) is 9.78 Å². The van der Waals surface area contributed by atoms with Crippen LogP contribution in [0.3, 0.4) is 0 Å². The van der Waals surface area contributed by atoms with E-state index in [-0.39, 0.29) is 5.91 Å². The Kier molecular flexibility index (Phi) is 5.69. The molecule has 3 aromatic rings. The first kappa shape index (κ1) is 17.0. The van der Waals surface area contributed by atoms with Crippen molar-refractivity contribution >= 4 is 17.7 Å². The number of rotatable bonds is 7. The molecule has 0 aliphatic heterocycles. The summed E-state index contributed by atoms with van der Waals surface area (Å²) in [5, 5.41) is 6.82. The number of hydrogen-bond acceptors (Lipinski definition) is 6. The molecule has 0 saturated heterocycles. The number of nitrogens with one attached hydrogen (secondary N) is 1. The predicted molar refractivity (Wildman–Crippen MR) is 95.3 cm³/mol. The fourth-order valence-corrected chi connectivity index (χ4v) is 2.82. The van der Waals surface area contributed by atoms with Gasteiger partial charge in [-0.05, 0) is 36.4 Å². The molecule has 0 aliphatic carbocycles. The summed E-state index contributed by atoms with van der Waals surface area (Å²) in [6.45, 7) is 0.329. The highest BCUT2D eigenvalue weighted by molar-refractivity contribution is 8.00. The van der Waals surface area contributed by atoms with Gasteiger partial charge in [-0.25, -0.2) is 0 Å². The van der Waals surface area contributed by atoms with Crippen molar-refractivity contribution < 1.29 is 14.1 Å². The van der Waals surface area contributed by atoms with Crippen LogP contribution in [-0.2, 0) is 11.3 Å². The molecule has 25 heavy (non-hydrogen) atoms. The molecule has 0 fully saturated rings. The van der Waals surface area contributed by atoms with E-state index in [1.165, 1.54) is 11.8 Å². The van der Waals surface area contributed by atoms with Crippen LogP contribution >= 0.6 is 11.8 Å². The van der Waals surface area contributed by atoms with Crippen molar-refractivity contribution in [3.05, 3.63) is 60.6 Å². The molecule has 6 nitrogen and oxygen atoms in total. The Morgan fingerprint density at radius 1 is 1.20 bits per heavy atom. The average molecular weight is 355 g/mol. The van der Waals surface area contributed by atoms with Crippen molar-refractivity contribution in [1.29, 1.82) is 0 Å². The zero-order valence-corrected chi connectivity index (χ0v) is 14.5. The van der Waals surface area contributed by atoms with Crippen LogP contribution in [0.2, 0.25) is 0 Å². The largest absolute Gasteiger partial charge is 0.497 e. The van der Waals surface area contributed by atoms with E-state index in [1.54, 1.807) is 19.5 Å². The van der Waals surface area contributed by atoms with Gasteiger partial charge in [0.2, 0.25) is 5.91 Å². The first-order valence-corrected chi connectivity index (χ1v) is 8.62. The molecule has 0 radical (unpaired) electrons. The lowest BCUT2D eigenvalue weighted by atomic mass is 10.1. The normalized spacial score (nSPS) is 10.4. The summed E-state index contributed by atoms with van der Waals surface area (Å²) in [5.41, 5.74) is 1.58. The quantitative estimate of drug-likeness (QED) is 0.656. The fraction of sp³-hybridized carbons (Fsp3) is 0.167. The van der Waals surface area contributed by atoms with Gasteiger partial charge in [0.25, 0.3) is 0 Å². The van der Waals surface area contributed by atoms with Crippen LogP contribution in [0, 0.1) is 0 Å². The van der Waals surface area contributed by atoms with E-state index in [4.69, 9.17) is 9.26 Å². The molecule has 0 atom stereocenters. The highest BCUT2D eigenvalue weighted by Gasteiger charge is 2.09. The Labute approximate surface area is 149 Å². The van der Waals surface area contributed by atoms with Gasteiger partial charge < -0.3 is 14.6 Å². The third kappa shape index (κ3) is 4.84. The van der Waals surface area contributed by atoms with Crippen molar-refractivity contribution in [2.75, 3.05) is 12.9 Å². The van der Waals surface area contributed by atoms with Crippen LogP contribution in [-0.4, -0.2) is 28.9 Å². The molecule has 0 unspecified atom stereocenters. The number of methoxy groups -OCH3 is 1. The summed E-state index contributed by atoms with van der Waals surface area (Å²) in [6.07, 6.45) is 3.41. The molecule has 1 amide bonds. The minimum Gasteiger partial charge on any atom is -0.497 e. The first-order chi connectivity index (χ1) is 12.2. The molecule has 0 bridgehead atoms. The minimum absolute atomic E-state index is 0.0594. The maximum Gasteiger partial charge on any atom is 0.230 e. The summed E-state index contributed by atoms with van der Waals surface area (Å²) < 4.78 is 10.5. The lowest BCUT2D eigenvalue weighted by Crippen LogP contribution is -2.24. The van der Waals surface area contributed by atoms with Gasteiger partial charge in [0.15, 0.2) is 5.76 Å². The number of hydrogen-bond donors (Lipinski definition) is 1. The third-order valence-corrected chi connectivity index (χ3v) is 4.43. The van der Waals surface area contributed by atoms with Crippen molar-refractivity contribution in [3.63, 3.8) is 0 Å². The molecule has 0 saturated carbocycles. The maximum absolute atomic E-state index is 11.9. The molecular formula is C18H17N3O3S. The number of ether oxygens (including phenoxy) is 1. The number of amides is 1. The number of thioether (sulfide) groups is 1. The predicted octanol–water partition coefficient (Wildman–Crippen LogP) is 3.15. The second-order valence-electron chi connectivity index (χ2n) is 5.16. The Hall–Kier alpha value is -2.80. The van der Waals surface area contributed by atoms with E-state index in [2.05, 4.69) is 15.5 Å². The van der Waals surface area contributed by atoms with Gasteiger partial charge in [-0.1, -0.05) is 5.16 Å². The van der Waals surface area contributed by atoms with Crippen LogP contribution in [0.25, 0.3) is 11.3 Å². The summed E-state index contributed by atoms with van der Waals surface area (Å²) >= 11 is 1.46. The van der Waals surface area contributed by atoms with Crippen molar-refractivity contribution in [1.82, 2.24) is 15.5 Å².